The molecule has 0 aliphatic rings. The molecule has 0 aliphatic heterocycles. The minimum atomic E-state index is -1.23. The van der Waals surface area contributed by atoms with Crippen molar-refractivity contribution in [3.8, 4) is 0 Å². The number of carboxylic acids is 1. The van der Waals surface area contributed by atoms with Gasteiger partial charge in [-0.05, 0) is 19.1 Å². The molecule has 0 aliphatic carbocycles. The molecule has 0 saturated carbocycles. The van der Waals surface area contributed by atoms with Crippen molar-refractivity contribution in [3.63, 3.8) is 0 Å². The zero-order valence-corrected chi connectivity index (χ0v) is 6.84. The Kier molecular flexibility index (Phi) is 2.36. The summed E-state index contributed by atoms with van der Waals surface area (Å²) >= 11 is 0. The first-order chi connectivity index (χ1) is 6.06. The molecule has 0 fully saturated rings. The third-order valence-corrected chi connectivity index (χ3v) is 1.68. The van der Waals surface area contributed by atoms with E-state index in [0.29, 0.717) is 0 Å². The number of benzene rings is 1. The van der Waals surface area contributed by atoms with Crippen LogP contribution in [0.3, 0.4) is 0 Å². The molecular formula is C8H7FN2O2. The highest BCUT2D eigenvalue weighted by molar-refractivity contribution is 5.88. The fourth-order valence-electron chi connectivity index (χ4n) is 0.904. The third kappa shape index (κ3) is 1.69. The van der Waals surface area contributed by atoms with Gasteiger partial charge in [0.05, 0.1) is 11.3 Å². The van der Waals surface area contributed by atoms with Gasteiger partial charge in [-0.3, -0.25) is 0 Å². The Labute approximate surface area is 73.5 Å². The molecule has 1 aromatic carbocycles. The zero-order chi connectivity index (χ0) is 10.0. The van der Waals surface area contributed by atoms with E-state index in [1.165, 1.54) is 6.92 Å². The largest absolute Gasteiger partial charge is 0.478 e. The summed E-state index contributed by atoms with van der Waals surface area (Å²) in [5.41, 5.74) is 6.70. The zero-order valence-electron chi connectivity index (χ0n) is 6.84. The minimum absolute atomic E-state index is 0.0393. The van der Waals surface area contributed by atoms with Crippen LogP contribution in [0.15, 0.2) is 17.2 Å². The molecule has 68 valence electrons. The van der Waals surface area contributed by atoms with Crippen LogP contribution in [0, 0.1) is 18.3 Å². The molecule has 4 nitrogen and oxygen atoms in total. The highest BCUT2D eigenvalue weighted by Crippen LogP contribution is 2.22. The predicted molar refractivity (Wildman–Crippen MR) is 42.9 cm³/mol. The Morgan fingerprint density at radius 3 is 2.69 bits per heavy atom. The summed E-state index contributed by atoms with van der Waals surface area (Å²) in [5, 5.41) is 11.6. The number of halogens is 1. The standard InChI is InChI=1S/C8H7FN2O2/c1-4-6(9)2-5(8(12)13)3-7(4)11-10/h2-3,10H,1H3,(H,12,13). The van der Waals surface area contributed by atoms with Crippen LogP contribution in [0.1, 0.15) is 15.9 Å². The summed E-state index contributed by atoms with van der Waals surface area (Å²) in [7, 11) is 0. The average Bonchev–Trinajstić information content (AvgIpc) is 2.09. The van der Waals surface area contributed by atoms with Gasteiger partial charge in [-0.2, -0.15) is 5.11 Å². The maximum Gasteiger partial charge on any atom is 0.335 e. The highest BCUT2D eigenvalue weighted by atomic mass is 19.1. The maximum absolute atomic E-state index is 13.0. The number of nitrogens with zero attached hydrogens (tertiary/aromatic N) is 1. The van der Waals surface area contributed by atoms with Crippen molar-refractivity contribution in [2.75, 3.05) is 0 Å². The van der Waals surface area contributed by atoms with Crippen molar-refractivity contribution in [1.82, 2.24) is 0 Å². The van der Waals surface area contributed by atoms with Crippen molar-refractivity contribution in [2.45, 2.75) is 6.92 Å². The predicted octanol–water partition coefficient (Wildman–Crippen LogP) is 2.49. The Morgan fingerprint density at radius 1 is 1.62 bits per heavy atom. The summed E-state index contributed by atoms with van der Waals surface area (Å²) in [5.74, 6) is -1.89. The van der Waals surface area contributed by atoms with Crippen LogP contribution < -0.4 is 0 Å². The molecule has 0 heterocycles. The Morgan fingerprint density at radius 2 is 2.23 bits per heavy atom. The first kappa shape index (κ1) is 9.31. The maximum atomic E-state index is 13.0. The number of carbonyl (C=O) groups is 1. The number of rotatable bonds is 2. The van der Waals surface area contributed by atoms with Gasteiger partial charge in [0, 0.05) is 5.56 Å². The summed E-state index contributed by atoms with van der Waals surface area (Å²) in [4.78, 5) is 10.5. The molecule has 0 radical (unpaired) electrons. The second-order valence-electron chi connectivity index (χ2n) is 2.52. The van der Waals surface area contributed by atoms with E-state index >= 15 is 0 Å². The molecular weight excluding hydrogens is 175 g/mol. The van der Waals surface area contributed by atoms with Crippen molar-refractivity contribution in [2.24, 2.45) is 5.11 Å². The fraction of sp³-hybridized carbons (Fsp3) is 0.125. The van der Waals surface area contributed by atoms with Crippen LogP contribution in [0.2, 0.25) is 0 Å². The number of hydrogen-bond donors (Lipinski definition) is 2. The van der Waals surface area contributed by atoms with Gasteiger partial charge in [0.25, 0.3) is 0 Å². The quantitative estimate of drug-likeness (QED) is 0.689. The van der Waals surface area contributed by atoms with Gasteiger partial charge in [0.1, 0.15) is 5.82 Å². The molecule has 5 heteroatoms. The van der Waals surface area contributed by atoms with Gasteiger partial charge < -0.3 is 5.11 Å². The molecule has 1 rings (SSSR count). The molecule has 0 bridgehead atoms. The number of nitrogens with one attached hydrogen (secondary N) is 1. The molecule has 2 N–H and O–H groups in total. The third-order valence-electron chi connectivity index (χ3n) is 1.68. The second-order valence-corrected chi connectivity index (χ2v) is 2.52. The molecule has 0 unspecified atom stereocenters. The van der Waals surface area contributed by atoms with Crippen molar-refractivity contribution < 1.29 is 14.3 Å². The molecule has 0 spiro atoms. The number of carboxylic acid groups (broad SMARTS) is 1. The van der Waals surface area contributed by atoms with Crippen LogP contribution >= 0.6 is 0 Å². The molecule has 0 saturated heterocycles. The monoisotopic (exact) mass is 182 g/mol. The first-order valence-corrected chi connectivity index (χ1v) is 3.47. The van der Waals surface area contributed by atoms with Crippen LogP contribution in [0.25, 0.3) is 0 Å². The van der Waals surface area contributed by atoms with Crippen LogP contribution in [-0.2, 0) is 0 Å². The lowest BCUT2D eigenvalue weighted by Crippen LogP contribution is -1.98. The van der Waals surface area contributed by atoms with E-state index in [-0.39, 0.29) is 16.8 Å². The number of aromatic carboxylic acids is 1. The van der Waals surface area contributed by atoms with Crippen molar-refractivity contribution in [3.05, 3.63) is 29.1 Å². The summed E-state index contributed by atoms with van der Waals surface area (Å²) < 4.78 is 13.0. The van der Waals surface area contributed by atoms with E-state index in [9.17, 15) is 9.18 Å². The minimum Gasteiger partial charge on any atom is -0.478 e. The van der Waals surface area contributed by atoms with Gasteiger partial charge in [-0.1, -0.05) is 0 Å². The second kappa shape index (κ2) is 3.30. The topological polar surface area (TPSA) is 73.5 Å². The van der Waals surface area contributed by atoms with Gasteiger partial charge in [-0.15, -0.1) is 0 Å². The Balaban J connectivity index is 3.38. The average molecular weight is 182 g/mol. The highest BCUT2D eigenvalue weighted by Gasteiger charge is 2.10. The first-order valence-electron chi connectivity index (χ1n) is 3.47. The molecule has 0 amide bonds. The lowest BCUT2D eigenvalue weighted by Gasteiger charge is -2.01. The lowest BCUT2D eigenvalue weighted by molar-refractivity contribution is 0.0696. The van der Waals surface area contributed by atoms with Crippen molar-refractivity contribution >= 4 is 11.7 Å². The Bertz CT molecular complexity index is 377. The number of hydrogen-bond acceptors (Lipinski definition) is 3. The fourth-order valence-corrected chi connectivity index (χ4v) is 0.904. The SMILES string of the molecule is Cc1c(F)cc(C(=O)O)cc1N=N. The Hall–Kier alpha value is -1.78. The molecule has 0 atom stereocenters. The van der Waals surface area contributed by atoms with Crippen LogP contribution in [0.5, 0.6) is 0 Å². The lowest BCUT2D eigenvalue weighted by atomic mass is 10.1. The van der Waals surface area contributed by atoms with Gasteiger partial charge >= 0.3 is 5.97 Å². The van der Waals surface area contributed by atoms with Crippen LogP contribution in [-0.4, -0.2) is 11.1 Å². The van der Waals surface area contributed by atoms with E-state index in [1.807, 2.05) is 0 Å². The molecule has 1 aromatic rings. The van der Waals surface area contributed by atoms with Gasteiger partial charge in [0.15, 0.2) is 0 Å². The summed E-state index contributed by atoms with van der Waals surface area (Å²) in [6, 6.07) is 2.07. The summed E-state index contributed by atoms with van der Waals surface area (Å²) in [6.45, 7) is 1.44. The van der Waals surface area contributed by atoms with Gasteiger partial charge in [-0.25, -0.2) is 14.7 Å². The summed E-state index contributed by atoms with van der Waals surface area (Å²) in [6.07, 6.45) is 0. The smallest absolute Gasteiger partial charge is 0.335 e. The van der Waals surface area contributed by atoms with E-state index in [2.05, 4.69) is 5.11 Å². The van der Waals surface area contributed by atoms with E-state index in [0.717, 1.165) is 12.1 Å². The van der Waals surface area contributed by atoms with Crippen molar-refractivity contribution in [1.29, 1.82) is 5.53 Å². The van der Waals surface area contributed by atoms with E-state index in [4.69, 9.17) is 10.6 Å². The van der Waals surface area contributed by atoms with E-state index in [1.54, 1.807) is 0 Å². The molecule has 0 aromatic heterocycles. The van der Waals surface area contributed by atoms with Gasteiger partial charge in [0.2, 0.25) is 0 Å². The normalized spacial score (nSPS) is 9.69. The van der Waals surface area contributed by atoms with E-state index < -0.39 is 11.8 Å². The van der Waals surface area contributed by atoms with Crippen LogP contribution in [0.4, 0.5) is 10.1 Å². The molecule has 13 heavy (non-hydrogen) atoms.